The number of benzene rings is 1. The van der Waals surface area contributed by atoms with Gasteiger partial charge in [0, 0.05) is 18.4 Å². The Labute approximate surface area is 117 Å². The maximum Gasteiger partial charge on any atom is 0.0407 e. The number of nitrogens with zero attached hydrogens (tertiary/aromatic N) is 1. The first-order valence-corrected chi connectivity index (χ1v) is 7.19. The summed E-state index contributed by atoms with van der Waals surface area (Å²) < 4.78 is 0. The number of allylic oxidation sites excluding steroid dienone is 3. The molecular weight excluding hydrogens is 230 g/mol. The number of hydrogen-bond acceptors (Lipinski definition) is 1. The number of rotatable bonds is 5. The zero-order chi connectivity index (χ0) is 13.9. The Morgan fingerprint density at radius 1 is 1.21 bits per heavy atom. The van der Waals surface area contributed by atoms with Gasteiger partial charge in [-0.3, -0.25) is 0 Å². The van der Waals surface area contributed by atoms with E-state index in [1.807, 2.05) is 0 Å². The topological polar surface area (TPSA) is 3.24 Å². The average molecular weight is 255 g/mol. The highest BCUT2D eigenvalue weighted by Crippen LogP contribution is 2.46. The summed E-state index contributed by atoms with van der Waals surface area (Å²) in [7, 11) is 2.14. The van der Waals surface area contributed by atoms with Gasteiger partial charge in [-0.2, -0.15) is 0 Å². The lowest BCUT2D eigenvalue weighted by Crippen LogP contribution is -2.19. The third-order valence-electron chi connectivity index (χ3n) is 4.02. The Bertz CT molecular complexity index is 464. The molecule has 0 radical (unpaired) electrons. The Kier molecular flexibility index (Phi) is 4.14. The molecule has 1 saturated carbocycles. The maximum absolute atomic E-state index is 2.43. The molecule has 0 unspecified atom stereocenters. The Morgan fingerprint density at radius 3 is 2.37 bits per heavy atom. The van der Waals surface area contributed by atoms with E-state index < -0.39 is 0 Å². The SMILES string of the molecule is CC=CC(=CC(C)(C)C1CC1)N(C)c1ccccc1. The molecule has 0 spiro atoms. The number of hydrogen-bond donors (Lipinski definition) is 0. The van der Waals surface area contributed by atoms with Gasteiger partial charge >= 0.3 is 0 Å². The molecule has 0 saturated heterocycles. The van der Waals surface area contributed by atoms with Crippen molar-refractivity contribution in [3.05, 3.63) is 54.3 Å². The lowest BCUT2D eigenvalue weighted by atomic mass is 9.86. The number of anilines is 1. The minimum atomic E-state index is 0.290. The van der Waals surface area contributed by atoms with Gasteiger partial charge in [-0.15, -0.1) is 0 Å². The van der Waals surface area contributed by atoms with Gasteiger partial charge in [0.1, 0.15) is 0 Å². The summed E-state index contributed by atoms with van der Waals surface area (Å²) in [6, 6.07) is 10.5. The fraction of sp³-hybridized carbons (Fsp3) is 0.444. The summed E-state index contributed by atoms with van der Waals surface area (Å²) in [5.74, 6) is 0.858. The van der Waals surface area contributed by atoms with Crippen molar-refractivity contribution >= 4 is 5.69 Å². The van der Waals surface area contributed by atoms with Crippen molar-refractivity contribution in [3.8, 4) is 0 Å². The second-order valence-corrected chi connectivity index (χ2v) is 6.06. The molecular formula is C18H25N. The molecule has 1 aliphatic rings. The van der Waals surface area contributed by atoms with E-state index in [1.165, 1.54) is 24.2 Å². The molecule has 0 N–H and O–H groups in total. The van der Waals surface area contributed by atoms with Crippen LogP contribution >= 0.6 is 0 Å². The highest BCUT2D eigenvalue weighted by atomic mass is 15.1. The zero-order valence-corrected chi connectivity index (χ0v) is 12.6. The number of para-hydroxylation sites is 1. The van der Waals surface area contributed by atoms with Crippen LogP contribution < -0.4 is 4.90 Å². The van der Waals surface area contributed by atoms with E-state index in [9.17, 15) is 0 Å². The molecule has 0 aromatic heterocycles. The maximum atomic E-state index is 2.43. The minimum absolute atomic E-state index is 0.290. The largest absolute Gasteiger partial charge is 0.345 e. The Balaban J connectivity index is 2.27. The van der Waals surface area contributed by atoms with E-state index in [4.69, 9.17) is 0 Å². The summed E-state index contributed by atoms with van der Waals surface area (Å²) in [4.78, 5) is 2.27. The molecule has 0 aliphatic heterocycles. The van der Waals surface area contributed by atoms with Crippen LogP contribution in [-0.2, 0) is 0 Å². The predicted octanol–water partition coefficient (Wildman–Crippen LogP) is 5.02. The van der Waals surface area contributed by atoms with E-state index in [-0.39, 0.29) is 5.41 Å². The van der Waals surface area contributed by atoms with Crippen LogP contribution in [0.2, 0.25) is 0 Å². The van der Waals surface area contributed by atoms with Gasteiger partial charge in [-0.25, -0.2) is 0 Å². The van der Waals surface area contributed by atoms with E-state index in [0.29, 0.717) is 0 Å². The van der Waals surface area contributed by atoms with E-state index >= 15 is 0 Å². The van der Waals surface area contributed by atoms with E-state index in [2.05, 4.69) is 81.3 Å². The molecule has 19 heavy (non-hydrogen) atoms. The molecule has 1 aliphatic carbocycles. The van der Waals surface area contributed by atoms with Crippen molar-refractivity contribution in [1.29, 1.82) is 0 Å². The standard InChI is InChI=1S/C18H25N/c1-5-9-17(14-18(2,3)15-12-13-15)19(4)16-10-7-6-8-11-16/h5-11,14-15H,12-13H2,1-4H3. The second-order valence-electron chi connectivity index (χ2n) is 6.06. The molecule has 0 amide bonds. The minimum Gasteiger partial charge on any atom is -0.345 e. The van der Waals surface area contributed by atoms with E-state index in [1.54, 1.807) is 0 Å². The summed E-state index contributed by atoms with van der Waals surface area (Å²) >= 11 is 0. The van der Waals surface area contributed by atoms with Crippen LogP contribution in [0, 0.1) is 11.3 Å². The summed E-state index contributed by atoms with van der Waals surface area (Å²) in [6.45, 7) is 6.79. The van der Waals surface area contributed by atoms with Crippen LogP contribution in [0.5, 0.6) is 0 Å². The second kappa shape index (κ2) is 5.64. The Morgan fingerprint density at radius 2 is 1.84 bits per heavy atom. The molecule has 1 aromatic carbocycles. The molecule has 1 aromatic rings. The zero-order valence-electron chi connectivity index (χ0n) is 12.6. The predicted molar refractivity (Wildman–Crippen MR) is 84.2 cm³/mol. The fourth-order valence-electron chi connectivity index (χ4n) is 2.55. The summed E-state index contributed by atoms with van der Waals surface area (Å²) in [5, 5.41) is 0. The highest BCUT2D eigenvalue weighted by molar-refractivity contribution is 5.53. The van der Waals surface area contributed by atoms with Crippen molar-refractivity contribution in [2.24, 2.45) is 11.3 Å². The molecule has 1 nitrogen and oxygen atoms in total. The van der Waals surface area contributed by atoms with Gasteiger partial charge in [-0.1, -0.05) is 44.2 Å². The number of likely N-dealkylation sites (N-methyl/N-ethyl adjacent to an activating group) is 1. The Hall–Kier alpha value is -1.50. The molecule has 2 rings (SSSR count). The van der Waals surface area contributed by atoms with Crippen molar-refractivity contribution in [1.82, 2.24) is 0 Å². The third kappa shape index (κ3) is 3.50. The van der Waals surface area contributed by atoms with E-state index in [0.717, 1.165) is 5.92 Å². The van der Waals surface area contributed by atoms with Crippen LogP contribution in [0.1, 0.15) is 33.6 Å². The highest BCUT2D eigenvalue weighted by Gasteiger charge is 2.36. The van der Waals surface area contributed by atoms with Crippen LogP contribution in [0.4, 0.5) is 5.69 Å². The van der Waals surface area contributed by atoms with Crippen molar-refractivity contribution in [3.63, 3.8) is 0 Å². The summed E-state index contributed by atoms with van der Waals surface area (Å²) in [5.41, 5.74) is 2.81. The summed E-state index contributed by atoms with van der Waals surface area (Å²) in [6.07, 6.45) is 9.51. The molecule has 0 atom stereocenters. The monoisotopic (exact) mass is 255 g/mol. The molecule has 1 fully saturated rings. The fourth-order valence-corrected chi connectivity index (χ4v) is 2.55. The first kappa shape index (κ1) is 13.9. The first-order valence-electron chi connectivity index (χ1n) is 7.19. The normalized spacial score (nSPS) is 16.9. The van der Waals surface area contributed by atoms with Crippen molar-refractivity contribution < 1.29 is 0 Å². The van der Waals surface area contributed by atoms with Crippen LogP contribution in [0.25, 0.3) is 0 Å². The van der Waals surface area contributed by atoms with Gasteiger partial charge in [0.2, 0.25) is 0 Å². The molecule has 102 valence electrons. The smallest absolute Gasteiger partial charge is 0.0407 e. The lowest BCUT2D eigenvalue weighted by molar-refractivity contribution is 0.408. The van der Waals surface area contributed by atoms with Gasteiger partial charge < -0.3 is 4.90 Å². The quantitative estimate of drug-likeness (QED) is 0.668. The molecule has 0 heterocycles. The lowest BCUT2D eigenvalue weighted by Gasteiger charge is -2.26. The first-order chi connectivity index (χ1) is 9.04. The van der Waals surface area contributed by atoms with Crippen molar-refractivity contribution in [2.45, 2.75) is 33.6 Å². The van der Waals surface area contributed by atoms with Gasteiger partial charge in [0.15, 0.2) is 0 Å². The molecule has 0 bridgehead atoms. The molecule has 1 heteroatoms. The van der Waals surface area contributed by atoms with Gasteiger partial charge in [0.25, 0.3) is 0 Å². The van der Waals surface area contributed by atoms with Crippen LogP contribution in [-0.4, -0.2) is 7.05 Å². The average Bonchev–Trinajstić information content (AvgIpc) is 3.23. The third-order valence-corrected chi connectivity index (χ3v) is 4.02. The van der Waals surface area contributed by atoms with Gasteiger partial charge in [0.05, 0.1) is 0 Å². The van der Waals surface area contributed by atoms with Crippen LogP contribution in [0.15, 0.2) is 54.3 Å². The van der Waals surface area contributed by atoms with Crippen molar-refractivity contribution in [2.75, 3.05) is 11.9 Å². The van der Waals surface area contributed by atoms with Gasteiger partial charge in [-0.05, 0) is 49.3 Å². The van der Waals surface area contributed by atoms with Crippen LogP contribution in [0.3, 0.4) is 0 Å².